The van der Waals surface area contributed by atoms with E-state index in [0.717, 1.165) is 6.54 Å². The van der Waals surface area contributed by atoms with Gasteiger partial charge in [-0.05, 0) is 0 Å². The van der Waals surface area contributed by atoms with Crippen LogP contribution in [0.25, 0.3) is 0 Å². The zero-order chi connectivity index (χ0) is 5.21. The first-order valence-electron chi connectivity index (χ1n) is 2.35. The van der Waals surface area contributed by atoms with Crippen molar-refractivity contribution in [3.05, 3.63) is 0 Å². The summed E-state index contributed by atoms with van der Waals surface area (Å²) in [5, 5.41) is 0. The van der Waals surface area contributed by atoms with Crippen molar-refractivity contribution < 1.29 is 29.7 Å². The largest absolute Gasteiger partial charge is 1.00 e. The summed E-state index contributed by atoms with van der Waals surface area (Å²) < 4.78 is 0. The van der Waals surface area contributed by atoms with E-state index in [-0.39, 0.29) is 24.0 Å². The van der Waals surface area contributed by atoms with Crippen LogP contribution in [0.4, 0.5) is 0 Å². The van der Waals surface area contributed by atoms with Gasteiger partial charge in [0.2, 0.25) is 0 Å². The van der Waals surface area contributed by atoms with Gasteiger partial charge < -0.3 is 29.7 Å². The van der Waals surface area contributed by atoms with E-state index in [2.05, 4.69) is 26.5 Å². The fourth-order valence-electron chi connectivity index (χ4n) is 0. The van der Waals surface area contributed by atoms with Crippen LogP contribution >= 0.6 is 0 Å². The van der Waals surface area contributed by atoms with Gasteiger partial charge in [0, 0.05) is 5.41 Å². The Labute approximate surface area is 62.7 Å². The molecule has 0 aromatic carbocycles. The number of hydrogen-bond donors (Lipinski definition) is 1. The topological polar surface area (TPSA) is 27.6 Å². The van der Waals surface area contributed by atoms with Crippen LogP contribution in [0.3, 0.4) is 0 Å². The lowest BCUT2D eigenvalue weighted by Crippen LogP contribution is -3.00. The zero-order valence-corrected chi connectivity index (χ0v) is 7.45. The Morgan fingerprint density at radius 2 is 1.43 bits per heavy atom. The second kappa shape index (κ2) is 3.66. The monoisotopic (exact) mass is 215 g/mol. The first-order chi connectivity index (χ1) is 2.56. The quantitative estimate of drug-likeness (QED) is 0.425. The Kier molecular flexibility index (Phi) is 5.56. The van der Waals surface area contributed by atoms with Gasteiger partial charge in [0.25, 0.3) is 0 Å². The molecule has 0 amide bonds. The fraction of sp³-hybridized carbons (Fsp3) is 1.00. The minimum Gasteiger partial charge on any atom is -1.00 e. The Hall–Kier alpha value is 0.690. The van der Waals surface area contributed by atoms with Crippen molar-refractivity contribution in [3.8, 4) is 0 Å². The summed E-state index contributed by atoms with van der Waals surface area (Å²) >= 11 is 0. The molecule has 0 atom stereocenters. The molecule has 0 fully saturated rings. The van der Waals surface area contributed by atoms with Gasteiger partial charge in [-0.2, -0.15) is 0 Å². The molecule has 0 aliphatic heterocycles. The van der Waals surface area contributed by atoms with Gasteiger partial charge in [-0.1, -0.05) is 20.8 Å². The second-order valence-electron chi connectivity index (χ2n) is 2.81. The van der Waals surface area contributed by atoms with Gasteiger partial charge in [0.15, 0.2) is 0 Å². The molecule has 0 aliphatic carbocycles. The SMILES string of the molecule is CC(C)(C)C[NH3+].[I-]. The summed E-state index contributed by atoms with van der Waals surface area (Å²) in [5.41, 5.74) is 4.19. The van der Waals surface area contributed by atoms with Crippen LogP contribution in [0.1, 0.15) is 20.8 Å². The van der Waals surface area contributed by atoms with Crippen molar-refractivity contribution in [1.29, 1.82) is 0 Å². The first kappa shape index (κ1) is 10.6. The second-order valence-corrected chi connectivity index (χ2v) is 2.81. The van der Waals surface area contributed by atoms with Crippen LogP contribution in [0.15, 0.2) is 0 Å². The molecule has 1 nitrogen and oxygen atoms in total. The molecule has 0 radical (unpaired) electrons. The van der Waals surface area contributed by atoms with Crippen LogP contribution in [-0.4, -0.2) is 6.54 Å². The van der Waals surface area contributed by atoms with E-state index in [1.807, 2.05) is 0 Å². The zero-order valence-electron chi connectivity index (χ0n) is 5.29. The Balaban J connectivity index is 0. The smallest absolute Gasteiger partial charge is 0.0788 e. The molecule has 0 aromatic rings. The molecule has 0 bridgehead atoms. The van der Waals surface area contributed by atoms with E-state index in [1.165, 1.54) is 0 Å². The standard InChI is InChI=1S/C5H13N.HI/c1-5(2,3)4-6;/h4,6H2,1-3H3;1H. The van der Waals surface area contributed by atoms with Crippen molar-refractivity contribution in [1.82, 2.24) is 0 Å². The van der Waals surface area contributed by atoms with Gasteiger partial charge in [-0.15, -0.1) is 0 Å². The molecular formula is C5H14IN. The van der Waals surface area contributed by atoms with E-state index in [1.54, 1.807) is 0 Å². The molecule has 2 heteroatoms. The number of quaternary nitrogens is 1. The predicted molar refractivity (Wildman–Crippen MR) is 27.2 cm³/mol. The Bertz CT molecular complexity index is 37.8. The van der Waals surface area contributed by atoms with Crippen LogP contribution < -0.4 is 29.7 Å². The highest BCUT2D eigenvalue weighted by Crippen LogP contribution is 2.06. The normalized spacial score (nSPS) is 10.3. The Morgan fingerprint density at radius 1 is 1.29 bits per heavy atom. The van der Waals surface area contributed by atoms with E-state index in [4.69, 9.17) is 0 Å². The highest BCUT2D eigenvalue weighted by atomic mass is 127. The minimum atomic E-state index is 0. The molecule has 0 spiro atoms. The molecule has 0 aromatic heterocycles. The lowest BCUT2D eigenvalue weighted by Gasteiger charge is -2.09. The van der Waals surface area contributed by atoms with Crippen molar-refractivity contribution in [2.75, 3.05) is 6.54 Å². The summed E-state index contributed by atoms with van der Waals surface area (Å²) in [6.07, 6.45) is 0. The molecule has 0 aliphatic rings. The maximum atomic E-state index is 3.76. The highest BCUT2D eigenvalue weighted by Gasteiger charge is 2.07. The lowest BCUT2D eigenvalue weighted by atomic mass is 9.98. The van der Waals surface area contributed by atoms with Crippen molar-refractivity contribution in [2.24, 2.45) is 5.41 Å². The van der Waals surface area contributed by atoms with Crippen LogP contribution in [0.2, 0.25) is 0 Å². The summed E-state index contributed by atoms with van der Waals surface area (Å²) in [5.74, 6) is 0. The molecule has 0 unspecified atom stereocenters. The van der Waals surface area contributed by atoms with Gasteiger partial charge in [0.05, 0.1) is 6.54 Å². The maximum Gasteiger partial charge on any atom is 0.0788 e. The number of rotatable bonds is 0. The van der Waals surface area contributed by atoms with E-state index < -0.39 is 0 Å². The molecule has 0 saturated carbocycles. The molecule has 46 valence electrons. The summed E-state index contributed by atoms with van der Waals surface area (Å²) in [7, 11) is 0. The predicted octanol–water partition coefficient (Wildman–Crippen LogP) is -2.72. The van der Waals surface area contributed by atoms with Crippen LogP contribution in [-0.2, 0) is 0 Å². The van der Waals surface area contributed by atoms with E-state index >= 15 is 0 Å². The van der Waals surface area contributed by atoms with E-state index in [0.29, 0.717) is 5.41 Å². The van der Waals surface area contributed by atoms with Crippen molar-refractivity contribution >= 4 is 0 Å². The average molecular weight is 215 g/mol. The molecular weight excluding hydrogens is 201 g/mol. The van der Waals surface area contributed by atoms with Gasteiger partial charge in [0.1, 0.15) is 0 Å². The first-order valence-corrected chi connectivity index (χ1v) is 2.35. The number of hydrogen-bond acceptors (Lipinski definition) is 0. The summed E-state index contributed by atoms with van der Waals surface area (Å²) in [6, 6.07) is 0. The Morgan fingerprint density at radius 3 is 1.43 bits per heavy atom. The average Bonchev–Trinajstić information content (AvgIpc) is 1.35. The van der Waals surface area contributed by atoms with Crippen molar-refractivity contribution in [3.63, 3.8) is 0 Å². The molecule has 0 rings (SSSR count). The molecule has 7 heavy (non-hydrogen) atoms. The molecule has 3 N–H and O–H groups in total. The third-order valence-electron chi connectivity index (χ3n) is 0.750. The molecule has 0 saturated heterocycles. The third kappa shape index (κ3) is 10.8. The third-order valence-corrected chi connectivity index (χ3v) is 0.750. The minimum absolute atomic E-state index is 0. The number of halogens is 1. The fourth-order valence-corrected chi connectivity index (χ4v) is 0. The maximum absolute atomic E-state index is 3.76. The highest BCUT2D eigenvalue weighted by molar-refractivity contribution is 4.54. The van der Waals surface area contributed by atoms with Crippen LogP contribution in [0, 0.1) is 5.41 Å². The van der Waals surface area contributed by atoms with E-state index in [9.17, 15) is 0 Å². The van der Waals surface area contributed by atoms with Crippen LogP contribution in [0.5, 0.6) is 0 Å². The lowest BCUT2D eigenvalue weighted by molar-refractivity contribution is -0.387. The van der Waals surface area contributed by atoms with Gasteiger partial charge in [-0.3, -0.25) is 0 Å². The summed E-state index contributed by atoms with van der Waals surface area (Å²) in [4.78, 5) is 0. The molecule has 0 heterocycles. The van der Waals surface area contributed by atoms with Gasteiger partial charge >= 0.3 is 0 Å². The van der Waals surface area contributed by atoms with Crippen molar-refractivity contribution in [2.45, 2.75) is 20.8 Å². The van der Waals surface area contributed by atoms with Gasteiger partial charge in [-0.25, -0.2) is 0 Å². The summed E-state index contributed by atoms with van der Waals surface area (Å²) in [6.45, 7) is 7.56.